The van der Waals surface area contributed by atoms with Crippen LogP contribution < -0.4 is 26.6 Å². The van der Waals surface area contributed by atoms with Crippen LogP contribution in [0.2, 0.25) is 18.1 Å². The normalized spacial score (nSPS) is 18.8. The molecule has 1 amide bonds. The zero-order chi connectivity index (χ0) is 32.7. The molecule has 2 atom stereocenters. The molecule has 2 aromatic heterocycles. The lowest BCUT2D eigenvalue weighted by Crippen LogP contribution is -2.59. The summed E-state index contributed by atoms with van der Waals surface area (Å²) in [6, 6.07) is 7.59. The van der Waals surface area contributed by atoms with Crippen molar-refractivity contribution in [1.82, 2.24) is 20.2 Å². The number of aliphatic hydroxyl groups excluding tert-OH is 1. The van der Waals surface area contributed by atoms with Crippen molar-refractivity contribution in [2.75, 3.05) is 73.7 Å². The fourth-order valence-electron chi connectivity index (χ4n) is 4.67. The summed E-state index contributed by atoms with van der Waals surface area (Å²) in [5.74, 6) is 1.03. The second-order valence-corrected chi connectivity index (χ2v) is 18.8. The quantitative estimate of drug-likeness (QED) is 0.317. The number of nitrogens with two attached hydrogens (primary N) is 2. The number of piperazine rings is 2. The number of halogens is 2. The molecule has 2 fully saturated rings. The molecule has 12 nitrogen and oxygen atoms in total. The lowest BCUT2D eigenvalue weighted by molar-refractivity contribution is 0.00783. The van der Waals surface area contributed by atoms with Crippen molar-refractivity contribution in [2.45, 2.75) is 77.4 Å². The summed E-state index contributed by atoms with van der Waals surface area (Å²) in [5.41, 5.74) is 12.8. The zero-order valence-electron chi connectivity index (χ0n) is 28.7. The van der Waals surface area contributed by atoms with Gasteiger partial charge in [0.15, 0.2) is 8.32 Å². The topological polar surface area (TPSA) is 155 Å². The molecule has 2 aliphatic heterocycles. The van der Waals surface area contributed by atoms with Gasteiger partial charge in [0, 0.05) is 45.3 Å². The Morgan fingerprint density at radius 1 is 0.935 bits per heavy atom. The molecule has 0 spiro atoms. The van der Waals surface area contributed by atoms with Crippen molar-refractivity contribution in [1.29, 1.82) is 0 Å². The first-order valence-corrected chi connectivity index (χ1v) is 18.3. The molecule has 0 radical (unpaired) electrons. The second-order valence-electron chi connectivity index (χ2n) is 14.0. The van der Waals surface area contributed by atoms with Gasteiger partial charge in [-0.3, -0.25) is 4.90 Å². The van der Waals surface area contributed by atoms with E-state index in [9.17, 15) is 4.79 Å². The largest absolute Gasteiger partial charge is 0.444 e. The lowest BCUT2D eigenvalue weighted by atomic mass is 10.1. The Balaban J connectivity index is 0.000000525. The van der Waals surface area contributed by atoms with Gasteiger partial charge in [-0.1, -0.05) is 20.8 Å². The van der Waals surface area contributed by atoms with E-state index in [0.717, 1.165) is 31.0 Å². The van der Waals surface area contributed by atoms with E-state index >= 15 is 0 Å². The summed E-state index contributed by atoms with van der Waals surface area (Å²) in [7, 11) is -1.94. The molecular weight excluding hydrogens is 647 g/mol. The molecule has 2 aromatic rings. The van der Waals surface area contributed by atoms with Crippen LogP contribution in [0.5, 0.6) is 0 Å². The fraction of sp³-hybridized carbons (Fsp3) is 0.645. The minimum Gasteiger partial charge on any atom is -0.444 e. The van der Waals surface area contributed by atoms with Crippen LogP contribution in [0.15, 0.2) is 36.7 Å². The van der Waals surface area contributed by atoms with Crippen LogP contribution in [0.4, 0.5) is 27.8 Å². The number of aromatic nitrogens is 2. The summed E-state index contributed by atoms with van der Waals surface area (Å²) in [6.45, 7) is 22.0. The first-order chi connectivity index (χ1) is 20.5. The Morgan fingerprint density at radius 2 is 1.48 bits per heavy atom. The Labute approximate surface area is 288 Å². The van der Waals surface area contributed by atoms with E-state index in [-0.39, 0.29) is 54.6 Å². The molecule has 0 aliphatic carbocycles. The number of nitrogens with one attached hydrogen (secondary N) is 1. The molecule has 0 saturated carbocycles. The van der Waals surface area contributed by atoms with Gasteiger partial charge >= 0.3 is 6.09 Å². The standard InChI is InChI=1S/C21H38N4O3Si.C10H16N4O.2ClH/c1-20(2,3)28-19(26)25-12-11-24(16-9-10-18(22)23-13-16)14-17(25)15-27-29(7,8)21(4,5)6;11-10-2-1-9(5-13-10)14-4-3-12-8(6-14)7-15;;/h9-10,13,17H,11-12,14-15H2,1-8H3,(H2,22,23);1-2,5,8,12,15H,3-4,6-7H2,(H2,11,13);2*1H/t17-;8-;;/m11../s1. The lowest BCUT2D eigenvalue weighted by Gasteiger charge is -2.44. The van der Waals surface area contributed by atoms with Gasteiger partial charge in [-0.2, -0.15) is 0 Å². The number of nitrogen functional groups attached to an aromatic ring is 2. The molecule has 4 rings (SSSR count). The maximum atomic E-state index is 12.8. The van der Waals surface area contributed by atoms with Crippen LogP contribution in [0.25, 0.3) is 0 Å². The van der Waals surface area contributed by atoms with E-state index in [0.29, 0.717) is 37.9 Å². The smallest absolute Gasteiger partial charge is 0.410 e. The third-order valence-electron chi connectivity index (χ3n) is 8.30. The fourth-order valence-corrected chi connectivity index (χ4v) is 5.71. The Bertz CT molecular complexity index is 1200. The average molecular weight is 704 g/mol. The van der Waals surface area contributed by atoms with Gasteiger partial charge in [0.2, 0.25) is 0 Å². The molecule has 46 heavy (non-hydrogen) atoms. The van der Waals surface area contributed by atoms with E-state index in [1.807, 2.05) is 37.8 Å². The minimum atomic E-state index is -1.94. The zero-order valence-corrected chi connectivity index (χ0v) is 31.3. The number of hydrogen-bond donors (Lipinski definition) is 4. The first kappa shape index (κ1) is 41.5. The summed E-state index contributed by atoms with van der Waals surface area (Å²) >= 11 is 0. The monoisotopic (exact) mass is 702 g/mol. The number of anilines is 4. The molecule has 2 aliphatic rings. The highest BCUT2D eigenvalue weighted by Gasteiger charge is 2.40. The maximum Gasteiger partial charge on any atom is 0.410 e. The van der Waals surface area contributed by atoms with Gasteiger partial charge in [-0.15, -0.1) is 24.8 Å². The molecule has 6 N–H and O–H groups in total. The van der Waals surface area contributed by atoms with Crippen LogP contribution >= 0.6 is 24.8 Å². The van der Waals surface area contributed by atoms with E-state index in [1.54, 1.807) is 24.5 Å². The number of hydrogen-bond acceptors (Lipinski definition) is 11. The van der Waals surface area contributed by atoms with Gasteiger partial charge in [0.25, 0.3) is 0 Å². The molecular formula is C31H56Cl2N8O4Si. The van der Waals surface area contributed by atoms with Crippen molar-refractivity contribution in [3.63, 3.8) is 0 Å². The van der Waals surface area contributed by atoms with Gasteiger partial charge < -0.3 is 40.9 Å². The SMILES string of the molecule is CC(C)(C)OC(=O)N1CCN(c2ccc(N)nc2)C[C@@H]1CO[Si](C)(C)C(C)(C)C.Cl.Cl.Nc1ccc(N2CCN[C@@H](CO)C2)cn1. The van der Waals surface area contributed by atoms with E-state index in [4.69, 9.17) is 25.7 Å². The number of carbonyl (C=O) groups excluding carboxylic acids is 1. The van der Waals surface area contributed by atoms with E-state index in [1.165, 1.54) is 0 Å². The van der Waals surface area contributed by atoms with E-state index in [2.05, 4.69) is 58.9 Å². The number of nitrogens with zero attached hydrogens (tertiary/aromatic N) is 5. The van der Waals surface area contributed by atoms with Crippen LogP contribution in [0, 0.1) is 0 Å². The van der Waals surface area contributed by atoms with Crippen molar-refractivity contribution >= 4 is 62.2 Å². The van der Waals surface area contributed by atoms with Gasteiger partial charge in [-0.05, 0) is 63.2 Å². The van der Waals surface area contributed by atoms with Crippen LogP contribution in [0.3, 0.4) is 0 Å². The van der Waals surface area contributed by atoms with Crippen molar-refractivity contribution < 1.29 is 19.1 Å². The predicted molar refractivity (Wildman–Crippen MR) is 195 cm³/mol. The van der Waals surface area contributed by atoms with Crippen LogP contribution in [-0.2, 0) is 9.16 Å². The third-order valence-corrected chi connectivity index (χ3v) is 12.8. The molecule has 0 aromatic carbocycles. The second kappa shape index (κ2) is 17.6. The summed E-state index contributed by atoms with van der Waals surface area (Å²) in [6.07, 6.45) is 3.27. The molecule has 262 valence electrons. The molecule has 2 saturated heterocycles. The highest BCUT2D eigenvalue weighted by atomic mass is 35.5. The highest BCUT2D eigenvalue weighted by molar-refractivity contribution is 6.74. The highest BCUT2D eigenvalue weighted by Crippen LogP contribution is 2.37. The summed E-state index contributed by atoms with van der Waals surface area (Å²) in [5, 5.41) is 12.4. The Kier molecular flexibility index (Phi) is 15.8. The number of ether oxygens (including phenoxy) is 1. The summed E-state index contributed by atoms with van der Waals surface area (Å²) < 4.78 is 12.1. The van der Waals surface area contributed by atoms with Crippen molar-refractivity contribution in [3.8, 4) is 0 Å². The van der Waals surface area contributed by atoms with Crippen LogP contribution in [-0.4, -0.2) is 105 Å². The average Bonchev–Trinajstić information content (AvgIpc) is 2.95. The van der Waals surface area contributed by atoms with Gasteiger partial charge in [-0.25, -0.2) is 14.8 Å². The number of pyridine rings is 2. The number of carbonyl (C=O) groups is 1. The Hall–Kier alpha value is -2.55. The first-order valence-electron chi connectivity index (χ1n) is 15.4. The molecule has 4 heterocycles. The predicted octanol–water partition coefficient (Wildman–Crippen LogP) is 4.39. The molecule has 0 unspecified atom stereocenters. The third kappa shape index (κ3) is 12.2. The molecule has 0 bridgehead atoms. The van der Waals surface area contributed by atoms with Crippen molar-refractivity contribution in [3.05, 3.63) is 36.7 Å². The number of rotatable bonds is 6. The summed E-state index contributed by atoms with van der Waals surface area (Å²) in [4.78, 5) is 27.4. The van der Waals surface area contributed by atoms with Gasteiger partial charge in [0.1, 0.15) is 17.2 Å². The number of aliphatic hydroxyl groups is 1. The minimum absolute atomic E-state index is 0. The Morgan fingerprint density at radius 3 is 1.93 bits per heavy atom. The van der Waals surface area contributed by atoms with Gasteiger partial charge in [0.05, 0.1) is 43.0 Å². The molecule has 15 heteroatoms. The van der Waals surface area contributed by atoms with Crippen molar-refractivity contribution in [2.24, 2.45) is 0 Å². The number of amides is 1. The maximum absolute atomic E-state index is 12.8. The van der Waals surface area contributed by atoms with Crippen LogP contribution in [0.1, 0.15) is 41.5 Å². The van der Waals surface area contributed by atoms with E-state index < -0.39 is 13.9 Å².